The van der Waals surface area contributed by atoms with Gasteiger partial charge in [-0.1, -0.05) is 48.5 Å². The number of halogens is 1. The quantitative estimate of drug-likeness (QED) is 0.336. The topological polar surface area (TPSA) is 114 Å². The predicted molar refractivity (Wildman–Crippen MR) is 139 cm³/mol. The highest BCUT2D eigenvalue weighted by atomic mass is 127. The lowest BCUT2D eigenvalue weighted by Gasteiger charge is -2.19. The molecular formula is C26H23IN2O6. The highest BCUT2D eigenvalue weighted by Gasteiger charge is 2.30. The van der Waals surface area contributed by atoms with Crippen molar-refractivity contribution in [2.75, 3.05) is 25.6 Å². The van der Waals surface area contributed by atoms with E-state index in [-0.39, 0.29) is 24.7 Å². The van der Waals surface area contributed by atoms with E-state index in [0.29, 0.717) is 9.26 Å². The van der Waals surface area contributed by atoms with E-state index in [1.165, 1.54) is 19.2 Å². The van der Waals surface area contributed by atoms with Crippen LogP contribution >= 0.6 is 22.6 Å². The molecular weight excluding hydrogens is 563 g/mol. The van der Waals surface area contributed by atoms with Crippen LogP contribution in [0, 0.1) is 3.57 Å². The second kappa shape index (κ2) is 10.9. The molecule has 8 nitrogen and oxygen atoms in total. The smallest absolute Gasteiger partial charge is 0.407 e. The molecule has 3 N–H and O–H groups in total. The first-order valence-corrected chi connectivity index (χ1v) is 11.9. The number of alkyl carbamates (subject to hydrolysis) is 1. The van der Waals surface area contributed by atoms with Crippen LogP contribution in [0.4, 0.5) is 10.5 Å². The van der Waals surface area contributed by atoms with Crippen LogP contribution in [0.5, 0.6) is 0 Å². The number of aromatic carboxylic acids is 1. The molecule has 0 heterocycles. The molecule has 1 aliphatic rings. The van der Waals surface area contributed by atoms with Crippen molar-refractivity contribution in [3.05, 3.63) is 87.0 Å². The molecule has 1 aliphatic carbocycles. The van der Waals surface area contributed by atoms with Crippen molar-refractivity contribution in [3.8, 4) is 11.1 Å². The van der Waals surface area contributed by atoms with E-state index in [1.54, 1.807) is 6.07 Å². The molecule has 4 rings (SSSR count). The summed E-state index contributed by atoms with van der Waals surface area (Å²) >= 11 is 1.97. The lowest BCUT2D eigenvalue weighted by Crippen LogP contribution is -2.47. The van der Waals surface area contributed by atoms with E-state index in [2.05, 4.69) is 10.6 Å². The number of carbonyl (C=O) groups excluding carboxylic acids is 2. The fourth-order valence-corrected chi connectivity index (χ4v) is 4.82. The molecule has 0 aromatic heterocycles. The Balaban J connectivity index is 1.42. The van der Waals surface area contributed by atoms with Crippen molar-refractivity contribution in [1.29, 1.82) is 0 Å². The van der Waals surface area contributed by atoms with E-state index < -0.39 is 24.0 Å². The van der Waals surface area contributed by atoms with E-state index >= 15 is 0 Å². The first-order valence-electron chi connectivity index (χ1n) is 10.8. The fourth-order valence-electron chi connectivity index (χ4n) is 4.15. The number of fused-ring (bicyclic) bond motifs is 3. The third-order valence-corrected chi connectivity index (χ3v) is 6.32. The molecule has 180 valence electrons. The van der Waals surface area contributed by atoms with Gasteiger partial charge in [-0.2, -0.15) is 0 Å². The summed E-state index contributed by atoms with van der Waals surface area (Å²) in [7, 11) is 1.41. The van der Waals surface area contributed by atoms with Crippen LogP contribution in [0.25, 0.3) is 11.1 Å². The van der Waals surface area contributed by atoms with E-state index in [9.17, 15) is 19.5 Å². The van der Waals surface area contributed by atoms with E-state index in [1.807, 2.05) is 71.1 Å². The number of carbonyl (C=O) groups is 3. The minimum Gasteiger partial charge on any atom is -0.478 e. The Morgan fingerprint density at radius 2 is 1.63 bits per heavy atom. The minimum absolute atomic E-state index is 0.0417. The molecule has 3 aromatic carbocycles. The molecule has 0 radical (unpaired) electrons. The summed E-state index contributed by atoms with van der Waals surface area (Å²) in [5.41, 5.74) is 4.75. The number of hydrogen-bond acceptors (Lipinski definition) is 5. The summed E-state index contributed by atoms with van der Waals surface area (Å²) < 4.78 is 11.3. The summed E-state index contributed by atoms with van der Waals surface area (Å²) in [5.74, 6) is -1.77. The van der Waals surface area contributed by atoms with Crippen LogP contribution in [-0.4, -0.2) is 49.4 Å². The number of methoxy groups -OCH3 is 1. The van der Waals surface area contributed by atoms with Gasteiger partial charge in [-0.3, -0.25) is 4.79 Å². The molecule has 3 aromatic rings. The Morgan fingerprint density at radius 3 is 2.23 bits per heavy atom. The van der Waals surface area contributed by atoms with E-state index in [0.717, 1.165) is 22.3 Å². The maximum atomic E-state index is 12.8. The van der Waals surface area contributed by atoms with Gasteiger partial charge in [-0.15, -0.1) is 0 Å². The molecule has 2 amide bonds. The van der Waals surface area contributed by atoms with Crippen molar-refractivity contribution in [3.63, 3.8) is 0 Å². The highest BCUT2D eigenvalue weighted by Crippen LogP contribution is 2.44. The van der Waals surface area contributed by atoms with Crippen molar-refractivity contribution in [1.82, 2.24) is 5.32 Å². The number of benzene rings is 3. The number of carboxylic acid groups (broad SMARTS) is 1. The monoisotopic (exact) mass is 586 g/mol. The summed E-state index contributed by atoms with van der Waals surface area (Å²) in [4.78, 5) is 36.7. The molecule has 9 heteroatoms. The van der Waals surface area contributed by atoms with Gasteiger partial charge in [-0.25, -0.2) is 9.59 Å². The van der Waals surface area contributed by atoms with Crippen molar-refractivity contribution < 1.29 is 29.0 Å². The average Bonchev–Trinajstić information content (AvgIpc) is 3.16. The lowest BCUT2D eigenvalue weighted by molar-refractivity contribution is -0.119. The Kier molecular flexibility index (Phi) is 7.67. The second-order valence-electron chi connectivity index (χ2n) is 8.00. The zero-order valence-electron chi connectivity index (χ0n) is 18.8. The summed E-state index contributed by atoms with van der Waals surface area (Å²) in [6.45, 7) is 0.0196. The van der Waals surface area contributed by atoms with Gasteiger partial charge in [0.05, 0.1) is 12.2 Å². The number of hydrogen-bond donors (Lipinski definition) is 3. The maximum Gasteiger partial charge on any atom is 0.407 e. The third kappa shape index (κ3) is 5.63. The van der Waals surface area contributed by atoms with Gasteiger partial charge in [0.1, 0.15) is 12.6 Å². The molecule has 0 spiro atoms. The number of amides is 2. The molecule has 0 saturated carbocycles. The fraction of sp³-hybridized carbons (Fsp3) is 0.192. The Labute approximate surface area is 215 Å². The van der Waals surface area contributed by atoms with Gasteiger partial charge in [-0.05, 0) is 63.0 Å². The zero-order valence-corrected chi connectivity index (χ0v) is 20.9. The maximum absolute atomic E-state index is 12.8. The number of carboxylic acids is 1. The van der Waals surface area contributed by atoms with Crippen LogP contribution in [-0.2, 0) is 14.3 Å². The molecule has 0 aliphatic heterocycles. The van der Waals surface area contributed by atoms with Gasteiger partial charge >= 0.3 is 12.1 Å². The third-order valence-electron chi connectivity index (χ3n) is 5.70. The molecule has 0 bridgehead atoms. The summed E-state index contributed by atoms with van der Waals surface area (Å²) in [5, 5.41) is 14.4. The van der Waals surface area contributed by atoms with Crippen LogP contribution in [0.15, 0.2) is 66.7 Å². The standard InChI is InChI=1S/C26H23IN2O6/c1-34-14-23(24(30)28-17-11-15(25(31)32)10-16(27)12-17)29-26(33)35-13-22-20-8-4-2-6-18(20)19-7-3-5-9-21(19)22/h2-12,22-23H,13-14H2,1H3,(H,28,30)(H,29,33)(H,31,32)/t23-/m0/s1. The second-order valence-corrected chi connectivity index (χ2v) is 9.25. The van der Waals surface area contributed by atoms with Gasteiger partial charge in [0.15, 0.2) is 0 Å². The van der Waals surface area contributed by atoms with Crippen molar-refractivity contribution in [2.24, 2.45) is 0 Å². The Hall–Kier alpha value is -3.44. The normalized spacial score (nSPS) is 12.9. The van der Waals surface area contributed by atoms with Gasteiger partial charge in [0.25, 0.3) is 0 Å². The molecule has 0 saturated heterocycles. The van der Waals surface area contributed by atoms with Gasteiger partial charge in [0.2, 0.25) is 5.91 Å². The first-order chi connectivity index (χ1) is 16.9. The first kappa shape index (κ1) is 24.7. The summed E-state index contributed by atoms with van der Waals surface area (Å²) in [6, 6.07) is 19.4. The number of rotatable bonds is 8. The number of ether oxygens (including phenoxy) is 2. The van der Waals surface area contributed by atoms with E-state index in [4.69, 9.17) is 9.47 Å². The Morgan fingerprint density at radius 1 is 1.00 bits per heavy atom. The number of anilines is 1. The molecule has 0 fully saturated rings. The van der Waals surface area contributed by atoms with Crippen molar-refractivity contribution in [2.45, 2.75) is 12.0 Å². The lowest BCUT2D eigenvalue weighted by atomic mass is 9.98. The predicted octanol–water partition coefficient (Wildman–Crippen LogP) is 4.48. The van der Waals surface area contributed by atoms with Crippen LogP contribution in [0.2, 0.25) is 0 Å². The molecule has 35 heavy (non-hydrogen) atoms. The van der Waals surface area contributed by atoms with Gasteiger partial charge < -0.3 is 25.2 Å². The van der Waals surface area contributed by atoms with Crippen LogP contribution in [0.3, 0.4) is 0 Å². The zero-order chi connectivity index (χ0) is 24.9. The van der Waals surface area contributed by atoms with Crippen LogP contribution in [0.1, 0.15) is 27.4 Å². The summed E-state index contributed by atoms with van der Waals surface area (Å²) in [6.07, 6.45) is -0.752. The molecule has 1 atom stereocenters. The van der Waals surface area contributed by atoms with Crippen molar-refractivity contribution >= 4 is 46.2 Å². The van der Waals surface area contributed by atoms with Gasteiger partial charge in [0, 0.05) is 22.3 Å². The Bertz CT molecular complexity index is 1230. The van der Waals surface area contributed by atoms with Crippen LogP contribution < -0.4 is 10.6 Å². The molecule has 0 unspecified atom stereocenters. The highest BCUT2D eigenvalue weighted by molar-refractivity contribution is 14.1. The SMILES string of the molecule is COC[C@H](NC(=O)OCC1c2ccccc2-c2ccccc21)C(=O)Nc1cc(I)cc(C(=O)O)c1. The largest absolute Gasteiger partial charge is 0.478 e. The number of nitrogens with one attached hydrogen (secondary N) is 2. The average molecular weight is 586 g/mol. The minimum atomic E-state index is -1.11.